The number of likely N-dealkylation sites (N-methyl/N-ethyl adjacent to an activating group) is 1. The molecule has 0 heterocycles. The average molecular weight is 415 g/mol. The normalized spacial score (nSPS) is 11.5. The molecule has 0 bridgehead atoms. The predicted molar refractivity (Wildman–Crippen MR) is 124 cm³/mol. The summed E-state index contributed by atoms with van der Waals surface area (Å²) in [5.74, 6) is -0.180. The summed E-state index contributed by atoms with van der Waals surface area (Å²) in [5.41, 5.74) is 4.12. The summed E-state index contributed by atoms with van der Waals surface area (Å²) in [5, 5.41) is 2.93. The molecular formula is C27H30N2O2. The number of carbonyl (C=O) groups excluding carboxylic acids is 2. The fourth-order valence-electron chi connectivity index (χ4n) is 3.73. The minimum atomic E-state index is -0.584. The third kappa shape index (κ3) is 6.54. The van der Waals surface area contributed by atoms with Gasteiger partial charge in [0.2, 0.25) is 11.8 Å². The lowest BCUT2D eigenvalue weighted by Gasteiger charge is -2.31. The second-order valence-corrected chi connectivity index (χ2v) is 7.77. The zero-order valence-electron chi connectivity index (χ0n) is 18.3. The molecule has 0 radical (unpaired) electrons. The van der Waals surface area contributed by atoms with Gasteiger partial charge >= 0.3 is 0 Å². The van der Waals surface area contributed by atoms with Crippen LogP contribution in [-0.4, -0.2) is 29.3 Å². The van der Waals surface area contributed by atoms with E-state index < -0.39 is 6.04 Å². The third-order valence-corrected chi connectivity index (χ3v) is 5.26. The average Bonchev–Trinajstić information content (AvgIpc) is 2.77. The summed E-state index contributed by atoms with van der Waals surface area (Å²) in [4.78, 5) is 28.3. The van der Waals surface area contributed by atoms with Crippen LogP contribution >= 0.6 is 0 Å². The molecule has 0 spiro atoms. The molecule has 0 saturated carbocycles. The molecule has 2 amide bonds. The van der Waals surface area contributed by atoms with E-state index in [9.17, 15) is 9.59 Å². The Hall–Kier alpha value is -3.40. The largest absolute Gasteiger partial charge is 0.355 e. The summed E-state index contributed by atoms with van der Waals surface area (Å²) in [7, 11) is 0. The smallest absolute Gasteiger partial charge is 0.243 e. The van der Waals surface area contributed by atoms with Crippen molar-refractivity contribution in [2.24, 2.45) is 0 Å². The first-order valence-corrected chi connectivity index (χ1v) is 10.8. The second kappa shape index (κ2) is 11.1. The van der Waals surface area contributed by atoms with E-state index in [2.05, 4.69) is 11.4 Å². The van der Waals surface area contributed by atoms with Crippen LogP contribution in [-0.2, 0) is 29.0 Å². The minimum Gasteiger partial charge on any atom is -0.355 e. The lowest BCUT2D eigenvalue weighted by atomic mass is 10.0. The molecule has 0 aliphatic heterocycles. The van der Waals surface area contributed by atoms with Crippen molar-refractivity contribution in [2.75, 3.05) is 6.54 Å². The van der Waals surface area contributed by atoms with Crippen molar-refractivity contribution >= 4 is 11.8 Å². The molecule has 3 aromatic rings. The van der Waals surface area contributed by atoms with Crippen molar-refractivity contribution < 1.29 is 9.59 Å². The maximum absolute atomic E-state index is 13.5. The summed E-state index contributed by atoms with van der Waals surface area (Å²) >= 11 is 0. The van der Waals surface area contributed by atoms with Crippen LogP contribution in [0.2, 0.25) is 0 Å². The van der Waals surface area contributed by atoms with Crippen molar-refractivity contribution in [2.45, 2.75) is 39.3 Å². The van der Waals surface area contributed by atoms with Crippen molar-refractivity contribution in [3.05, 3.63) is 107 Å². The maximum atomic E-state index is 13.5. The zero-order valence-corrected chi connectivity index (χ0v) is 18.3. The van der Waals surface area contributed by atoms with Crippen molar-refractivity contribution in [3.63, 3.8) is 0 Å². The second-order valence-electron chi connectivity index (χ2n) is 7.77. The van der Waals surface area contributed by atoms with Gasteiger partial charge in [-0.25, -0.2) is 0 Å². The van der Waals surface area contributed by atoms with Gasteiger partial charge in [0.25, 0.3) is 0 Å². The van der Waals surface area contributed by atoms with Crippen LogP contribution in [0.15, 0.2) is 84.9 Å². The highest BCUT2D eigenvalue weighted by atomic mass is 16.2. The van der Waals surface area contributed by atoms with Crippen LogP contribution in [0, 0.1) is 6.92 Å². The van der Waals surface area contributed by atoms with Gasteiger partial charge in [-0.15, -0.1) is 0 Å². The zero-order chi connectivity index (χ0) is 22.1. The lowest BCUT2D eigenvalue weighted by molar-refractivity contribution is -0.140. The van der Waals surface area contributed by atoms with E-state index in [-0.39, 0.29) is 18.2 Å². The summed E-state index contributed by atoms with van der Waals surface area (Å²) < 4.78 is 0. The van der Waals surface area contributed by atoms with Crippen molar-refractivity contribution in [3.8, 4) is 0 Å². The van der Waals surface area contributed by atoms with Crippen molar-refractivity contribution in [1.29, 1.82) is 0 Å². The van der Waals surface area contributed by atoms with Crippen LogP contribution in [0.5, 0.6) is 0 Å². The van der Waals surface area contributed by atoms with Gasteiger partial charge < -0.3 is 10.2 Å². The van der Waals surface area contributed by atoms with Gasteiger partial charge in [-0.2, -0.15) is 0 Å². The van der Waals surface area contributed by atoms with Crippen LogP contribution < -0.4 is 5.32 Å². The molecule has 1 N–H and O–H groups in total. The van der Waals surface area contributed by atoms with Crippen LogP contribution in [0.25, 0.3) is 0 Å². The molecule has 0 unspecified atom stereocenters. The fourth-order valence-corrected chi connectivity index (χ4v) is 3.73. The molecule has 4 nitrogen and oxygen atoms in total. The molecule has 0 aliphatic rings. The number of aryl methyl sites for hydroxylation is 1. The van der Waals surface area contributed by atoms with E-state index in [1.54, 1.807) is 4.90 Å². The van der Waals surface area contributed by atoms with Crippen LogP contribution in [0.1, 0.15) is 29.2 Å². The molecule has 160 valence electrons. The Morgan fingerprint density at radius 2 is 1.45 bits per heavy atom. The standard InChI is InChI=1S/C27H30N2O2/c1-3-28-27(31)25(18-22-12-6-4-7-13-22)29(20-24-16-10-11-21(2)17-24)26(30)19-23-14-8-5-9-15-23/h4-17,25H,3,18-20H2,1-2H3,(H,28,31)/t25-/m1/s1. The summed E-state index contributed by atoms with van der Waals surface area (Å²) in [6.45, 7) is 4.84. The Bertz CT molecular complexity index is 986. The Morgan fingerprint density at radius 3 is 2.06 bits per heavy atom. The number of carbonyl (C=O) groups is 2. The molecule has 3 rings (SSSR count). The highest BCUT2D eigenvalue weighted by Gasteiger charge is 2.30. The molecule has 0 saturated heterocycles. The molecule has 0 aromatic heterocycles. The predicted octanol–water partition coefficient (Wildman–Crippen LogP) is 4.31. The third-order valence-electron chi connectivity index (χ3n) is 5.26. The Kier molecular flexibility index (Phi) is 7.99. The number of benzene rings is 3. The monoisotopic (exact) mass is 414 g/mol. The van der Waals surface area contributed by atoms with E-state index in [0.717, 1.165) is 22.3 Å². The van der Waals surface area contributed by atoms with Gasteiger partial charge in [-0.1, -0.05) is 90.5 Å². The van der Waals surface area contributed by atoms with Gasteiger partial charge in [0.05, 0.1) is 6.42 Å². The molecular weight excluding hydrogens is 384 g/mol. The first-order valence-electron chi connectivity index (χ1n) is 10.8. The summed E-state index contributed by atoms with van der Waals surface area (Å²) in [6, 6.07) is 27.1. The van der Waals surface area contributed by atoms with Gasteiger partial charge in [0, 0.05) is 19.5 Å². The Morgan fingerprint density at radius 1 is 0.839 bits per heavy atom. The number of nitrogens with one attached hydrogen (secondary N) is 1. The van der Waals surface area contributed by atoms with E-state index in [4.69, 9.17) is 0 Å². The number of amides is 2. The SMILES string of the molecule is CCNC(=O)[C@@H](Cc1ccccc1)N(Cc1cccc(C)c1)C(=O)Cc1ccccc1. The van der Waals surface area contributed by atoms with E-state index >= 15 is 0 Å². The molecule has 31 heavy (non-hydrogen) atoms. The first kappa shape index (κ1) is 22.3. The van der Waals surface area contributed by atoms with Gasteiger partial charge in [-0.3, -0.25) is 9.59 Å². The fraction of sp³-hybridized carbons (Fsp3) is 0.259. The highest BCUT2D eigenvalue weighted by molar-refractivity contribution is 5.88. The molecule has 0 fully saturated rings. The molecule has 1 atom stereocenters. The number of nitrogens with zero attached hydrogens (tertiary/aromatic N) is 1. The molecule has 3 aromatic carbocycles. The minimum absolute atomic E-state index is 0.0557. The van der Waals surface area contributed by atoms with Gasteiger partial charge in [0.1, 0.15) is 6.04 Å². The van der Waals surface area contributed by atoms with Gasteiger partial charge in [0.15, 0.2) is 0 Å². The van der Waals surface area contributed by atoms with Crippen LogP contribution in [0.4, 0.5) is 0 Å². The number of rotatable bonds is 9. The lowest BCUT2D eigenvalue weighted by Crippen LogP contribution is -2.50. The number of hydrogen-bond acceptors (Lipinski definition) is 2. The Balaban J connectivity index is 1.94. The molecule has 0 aliphatic carbocycles. The van der Waals surface area contributed by atoms with Gasteiger partial charge in [-0.05, 0) is 30.5 Å². The highest BCUT2D eigenvalue weighted by Crippen LogP contribution is 2.17. The topological polar surface area (TPSA) is 49.4 Å². The van der Waals surface area contributed by atoms with Crippen molar-refractivity contribution in [1.82, 2.24) is 10.2 Å². The summed E-state index contributed by atoms with van der Waals surface area (Å²) in [6.07, 6.45) is 0.733. The number of hydrogen-bond donors (Lipinski definition) is 1. The molecule has 4 heteroatoms. The quantitative estimate of drug-likeness (QED) is 0.567. The van der Waals surface area contributed by atoms with E-state index in [1.165, 1.54) is 0 Å². The van der Waals surface area contributed by atoms with Crippen LogP contribution in [0.3, 0.4) is 0 Å². The van der Waals surface area contributed by atoms with E-state index in [0.29, 0.717) is 19.5 Å². The first-order chi connectivity index (χ1) is 15.1. The maximum Gasteiger partial charge on any atom is 0.243 e. The van der Waals surface area contributed by atoms with E-state index in [1.807, 2.05) is 92.7 Å². The Labute approximate surface area is 184 Å².